The highest BCUT2D eigenvalue weighted by Crippen LogP contribution is 2.53. The molecular formula is C17H18ClNOS2. The van der Waals surface area contributed by atoms with Gasteiger partial charge in [-0.1, -0.05) is 25.4 Å². The number of nitrogens with one attached hydrogen (secondary N) is 1. The van der Waals surface area contributed by atoms with Crippen LogP contribution < -0.4 is 5.32 Å². The third-order valence-corrected chi connectivity index (χ3v) is 7.36. The van der Waals surface area contributed by atoms with Gasteiger partial charge in [-0.3, -0.25) is 4.79 Å². The van der Waals surface area contributed by atoms with E-state index >= 15 is 0 Å². The summed E-state index contributed by atoms with van der Waals surface area (Å²) in [5, 5.41) is 6.32. The second kappa shape index (κ2) is 5.15. The first kappa shape index (κ1) is 14.9. The number of carbonyl (C=O) groups is 1. The van der Waals surface area contributed by atoms with Crippen molar-refractivity contribution in [2.24, 2.45) is 5.41 Å². The standard InChI is InChI=1S/C17H18ClNOS2/c1-17(2)5-3-10-13(16(17)20)14(12-7-9(18)8-22-12)15-11(19-10)4-6-21-15/h7-8,14,19H,3-6H2,1-2H3. The molecule has 1 aliphatic carbocycles. The van der Waals surface area contributed by atoms with Crippen LogP contribution in [0.15, 0.2) is 33.3 Å². The van der Waals surface area contributed by atoms with Gasteiger partial charge >= 0.3 is 0 Å². The molecule has 0 amide bonds. The van der Waals surface area contributed by atoms with Crippen LogP contribution >= 0.6 is 34.7 Å². The largest absolute Gasteiger partial charge is 0.361 e. The Hall–Kier alpha value is -0.710. The molecule has 0 aromatic carbocycles. The Morgan fingerprint density at radius 3 is 2.86 bits per heavy atom. The Bertz CT molecular complexity index is 729. The van der Waals surface area contributed by atoms with E-state index in [0.717, 1.165) is 41.3 Å². The first-order chi connectivity index (χ1) is 10.5. The van der Waals surface area contributed by atoms with Crippen LogP contribution in [0.25, 0.3) is 0 Å². The van der Waals surface area contributed by atoms with Gasteiger partial charge < -0.3 is 5.32 Å². The zero-order chi connectivity index (χ0) is 15.5. The van der Waals surface area contributed by atoms with Crippen molar-refractivity contribution >= 4 is 40.5 Å². The Morgan fingerprint density at radius 2 is 2.14 bits per heavy atom. The van der Waals surface area contributed by atoms with E-state index in [-0.39, 0.29) is 11.3 Å². The molecule has 0 fully saturated rings. The van der Waals surface area contributed by atoms with E-state index in [4.69, 9.17) is 11.6 Å². The van der Waals surface area contributed by atoms with Gasteiger partial charge in [-0.15, -0.1) is 23.1 Å². The predicted octanol–water partition coefficient (Wildman–Crippen LogP) is 5.08. The Kier molecular flexibility index (Phi) is 3.48. The molecule has 22 heavy (non-hydrogen) atoms. The maximum atomic E-state index is 13.1. The van der Waals surface area contributed by atoms with Gasteiger partial charge in [0.25, 0.3) is 0 Å². The molecule has 1 unspecified atom stereocenters. The lowest BCUT2D eigenvalue weighted by atomic mass is 9.70. The first-order valence-corrected chi connectivity index (χ1v) is 9.86. The zero-order valence-corrected chi connectivity index (χ0v) is 15.1. The number of thioether (sulfide) groups is 1. The number of rotatable bonds is 1. The van der Waals surface area contributed by atoms with E-state index in [1.807, 2.05) is 23.2 Å². The molecule has 2 nitrogen and oxygen atoms in total. The molecule has 1 N–H and O–H groups in total. The molecule has 3 heterocycles. The molecule has 116 valence electrons. The zero-order valence-electron chi connectivity index (χ0n) is 12.7. The molecule has 0 saturated heterocycles. The van der Waals surface area contributed by atoms with E-state index in [1.165, 1.54) is 15.5 Å². The minimum absolute atomic E-state index is 0.100. The topological polar surface area (TPSA) is 29.1 Å². The molecule has 4 rings (SSSR count). The SMILES string of the molecule is CC1(C)CCC2=C(C1=O)C(c1cc(Cl)cs1)C1=C(CCS1)N2. The number of allylic oxidation sites excluding steroid dienone is 4. The maximum Gasteiger partial charge on any atom is 0.167 e. The Balaban J connectivity index is 1.87. The fourth-order valence-electron chi connectivity index (χ4n) is 3.54. The lowest BCUT2D eigenvalue weighted by Gasteiger charge is -2.38. The van der Waals surface area contributed by atoms with Crippen molar-refractivity contribution in [3.8, 4) is 0 Å². The van der Waals surface area contributed by atoms with Crippen LogP contribution in [0.3, 0.4) is 0 Å². The summed E-state index contributed by atoms with van der Waals surface area (Å²) >= 11 is 9.72. The molecule has 5 heteroatoms. The second-order valence-electron chi connectivity index (χ2n) is 6.77. The monoisotopic (exact) mass is 351 g/mol. The highest BCUT2D eigenvalue weighted by molar-refractivity contribution is 8.03. The predicted molar refractivity (Wildman–Crippen MR) is 94.4 cm³/mol. The number of hydrogen-bond donors (Lipinski definition) is 1. The van der Waals surface area contributed by atoms with E-state index < -0.39 is 0 Å². The minimum atomic E-state index is -0.263. The van der Waals surface area contributed by atoms with Crippen molar-refractivity contribution < 1.29 is 4.79 Å². The molecule has 1 atom stereocenters. The molecule has 0 radical (unpaired) electrons. The summed E-state index contributed by atoms with van der Waals surface area (Å²) in [5.74, 6) is 1.50. The van der Waals surface area contributed by atoms with Crippen LogP contribution in [-0.4, -0.2) is 11.5 Å². The number of ketones is 1. The van der Waals surface area contributed by atoms with Crippen LogP contribution in [0, 0.1) is 5.41 Å². The molecule has 1 aromatic heterocycles. The summed E-state index contributed by atoms with van der Waals surface area (Å²) in [6.45, 7) is 4.15. The van der Waals surface area contributed by atoms with Crippen molar-refractivity contribution in [1.29, 1.82) is 0 Å². The maximum absolute atomic E-state index is 13.1. The van der Waals surface area contributed by atoms with Crippen LogP contribution in [0.5, 0.6) is 0 Å². The van der Waals surface area contributed by atoms with Gasteiger partial charge in [0.2, 0.25) is 0 Å². The number of dihydropyridines is 1. The first-order valence-electron chi connectivity index (χ1n) is 7.62. The average molecular weight is 352 g/mol. The summed E-state index contributed by atoms with van der Waals surface area (Å²) in [6.07, 6.45) is 2.96. The van der Waals surface area contributed by atoms with E-state index in [1.54, 1.807) is 11.3 Å². The van der Waals surface area contributed by atoms with Crippen molar-refractivity contribution in [1.82, 2.24) is 5.32 Å². The lowest BCUT2D eigenvalue weighted by molar-refractivity contribution is -0.124. The summed E-state index contributed by atoms with van der Waals surface area (Å²) < 4.78 is 0. The smallest absolute Gasteiger partial charge is 0.167 e. The van der Waals surface area contributed by atoms with Gasteiger partial charge in [0.1, 0.15) is 0 Å². The van der Waals surface area contributed by atoms with Crippen LogP contribution in [-0.2, 0) is 4.79 Å². The van der Waals surface area contributed by atoms with Crippen LogP contribution in [0.2, 0.25) is 5.02 Å². The summed E-state index contributed by atoms with van der Waals surface area (Å²) in [4.78, 5) is 15.6. The molecule has 3 aliphatic rings. The Morgan fingerprint density at radius 1 is 1.32 bits per heavy atom. The lowest BCUT2D eigenvalue weighted by Crippen LogP contribution is -2.38. The highest BCUT2D eigenvalue weighted by Gasteiger charge is 2.44. The third kappa shape index (κ3) is 2.19. The number of thiophene rings is 1. The third-order valence-electron chi connectivity index (χ3n) is 4.82. The van der Waals surface area contributed by atoms with E-state index in [0.29, 0.717) is 5.78 Å². The normalized spacial score (nSPS) is 26.9. The van der Waals surface area contributed by atoms with Gasteiger partial charge in [0, 0.05) is 43.3 Å². The molecule has 2 aliphatic heterocycles. The summed E-state index contributed by atoms with van der Waals surface area (Å²) in [6, 6.07) is 2.03. The molecule has 0 bridgehead atoms. The van der Waals surface area contributed by atoms with Gasteiger partial charge in [0.15, 0.2) is 5.78 Å². The van der Waals surface area contributed by atoms with E-state index in [9.17, 15) is 4.79 Å². The number of hydrogen-bond acceptors (Lipinski definition) is 4. The van der Waals surface area contributed by atoms with Crippen molar-refractivity contribution in [2.75, 3.05) is 5.75 Å². The van der Waals surface area contributed by atoms with Gasteiger partial charge in [-0.05, 0) is 25.3 Å². The highest BCUT2D eigenvalue weighted by atomic mass is 35.5. The fraction of sp³-hybridized carbons (Fsp3) is 0.471. The molecular weight excluding hydrogens is 334 g/mol. The van der Waals surface area contributed by atoms with Crippen LogP contribution in [0.1, 0.15) is 43.9 Å². The summed E-state index contributed by atoms with van der Waals surface area (Å²) in [5.41, 5.74) is 3.20. The molecule has 0 spiro atoms. The average Bonchev–Trinajstić information content (AvgIpc) is 3.10. The number of halogens is 1. The number of Topliss-reactive ketones (excluding diaryl/α,β-unsaturated/α-hetero) is 1. The second-order valence-corrected chi connectivity index (χ2v) is 9.29. The Labute approximate surface area is 144 Å². The number of carbonyl (C=O) groups excluding carboxylic acids is 1. The molecule has 0 saturated carbocycles. The van der Waals surface area contributed by atoms with Crippen molar-refractivity contribution in [2.45, 2.75) is 39.0 Å². The van der Waals surface area contributed by atoms with Gasteiger partial charge in [0.05, 0.1) is 10.9 Å². The molecule has 1 aromatic rings. The van der Waals surface area contributed by atoms with E-state index in [2.05, 4.69) is 19.2 Å². The fourth-order valence-corrected chi connectivity index (χ4v) is 6.08. The minimum Gasteiger partial charge on any atom is -0.361 e. The van der Waals surface area contributed by atoms with Gasteiger partial charge in [-0.25, -0.2) is 0 Å². The van der Waals surface area contributed by atoms with Gasteiger partial charge in [-0.2, -0.15) is 0 Å². The van der Waals surface area contributed by atoms with Crippen molar-refractivity contribution in [3.63, 3.8) is 0 Å². The quantitative estimate of drug-likeness (QED) is 0.765. The van der Waals surface area contributed by atoms with Crippen LogP contribution in [0.4, 0.5) is 0 Å². The summed E-state index contributed by atoms with van der Waals surface area (Å²) in [7, 11) is 0. The van der Waals surface area contributed by atoms with Crippen molar-refractivity contribution in [3.05, 3.63) is 43.2 Å².